The van der Waals surface area contributed by atoms with Crippen molar-refractivity contribution in [2.45, 2.75) is 6.42 Å². The van der Waals surface area contributed by atoms with Crippen LogP contribution in [0.25, 0.3) is 0 Å². The van der Waals surface area contributed by atoms with Gasteiger partial charge in [0.2, 0.25) is 5.91 Å². The molecule has 2 N–H and O–H groups in total. The first kappa shape index (κ1) is 14.1. The lowest BCUT2D eigenvalue weighted by Gasteiger charge is -2.07. The molecular formula is C11H12BrNO3S. The quantitative estimate of drug-likeness (QED) is 0.876. The lowest BCUT2D eigenvalue weighted by molar-refractivity contribution is -0.115. The Morgan fingerprint density at radius 1 is 1.47 bits per heavy atom. The molecule has 0 aliphatic heterocycles. The smallest absolute Gasteiger partial charge is 0.335 e. The van der Waals surface area contributed by atoms with E-state index >= 15 is 0 Å². The molecule has 4 nitrogen and oxygen atoms in total. The van der Waals surface area contributed by atoms with Crippen LogP contribution < -0.4 is 5.32 Å². The van der Waals surface area contributed by atoms with E-state index in [0.717, 1.165) is 5.75 Å². The summed E-state index contributed by atoms with van der Waals surface area (Å²) in [7, 11) is 0. The van der Waals surface area contributed by atoms with E-state index in [1.54, 1.807) is 17.8 Å². The van der Waals surface area contributed by atoms with Gasteiger partial charge in [0.15, 0.2) is 0 Å². The molecule has 0 spiro atoms. The maximum absolute atomic E-state index is 11.5. The summed E-state index contributed by atoms with van der Waals surface area (Å²) in [5, 5.41) is 11.5. The topological polar surface area (TPSA) is 66.4 Å². The van der Waals surface area contributed by atoms with E-state index in [1.165, 1.54) is 12.1 Å². The standard InChI is InChI=1S/C11H12BrNO3S/c1-17-5-4-10(14)13-9-3-2-7(11(15)16)6-8(9)12/h2-3,6H,4-5H2,1H3,(H,13,14)(H,15,16). The van der Waals surface area contributed by atoms with Crippen molar-refractivity contribution in [1.82, 2.24) is 0 Å². The summed E-state index contributed by atoms with van der Waals surface area (Å²) in [5.74, 6) is -0.314. The summed E-state index contributed by atoms with van der Waals surface area (Å²) in [4.78, 5) is 22.2. The van der Waals surface area contributed by atoms with E-state index in [0.29, 0.717) is 16.6 Å². The molecule has 92 valence electrons. The second-order valence-electron chi connectivity index (χ2n) is 3.29. The molecule has 0 bridgehead atoms. The third-order valence-corrected chi connectivity index (χ3v) is 3.29. The molecule has 1 amide bonds. The maximum atomic E-state index is 11.5. The van der Waals surface area contributed by atoms with Crippen molar-refractivity contribution in [2.75, 3.05) is 17.3 Å². The summed E-state index contributed by atoms with van der Waals surface area (Å²) < 4.78 is 0.565. The second-order valence-corrected chi connectivity index (χ2v) is 5.13. The van der Waals surface area contributed by atoms with E-state index in [9.17, 15) is 9.59 Å². The van der Waals surface area contributed by atoms with Crippen molar-refractivity contribution < 1.29 is 14.7 Å². The largest absolute Gasteiger partial charge is 0.478 e. The maximum Gasteiger partial charge on any atom is 0.335 e. The van der Waals surface area contributed by atoms with Gasteiger partial charge in [0, 0.05) is 16.6 Å². The molecule has 0 aliphatic carbocycles. The monoisotopic (exact) mass is 317 g/mol. The molecular weight excluding hydrogens is 306 g/mol. The molecule has 0 aromatic heterocycles. The van der Waals surface area contributed by atoms with Crippen molar-refractivity contribution in [3.05, 3.63) is 28.2 Å². The molecule has 0 unspecified atom stereocenters. The summed E-state index contributed by atoms with van der Waals surface area (Å²) >= 11 is 4.83. The van der Waals surface area contributed by atoms with Gasteiger partial charge in [-0.15, -0.1) is 0 Å². The number of carboxylic acids is 1. The van der Waals surface area contributed by atoms with Gasteiger partial charge in [0.1, 0.15) is 0 Å². The van der Waals surface area contributed by atoms with Gasteiger partial charge in [-0.25, -0.2) is 4.79 Å². The van der Waals surface area contributed by atoms with Crippen LogP contribution in [-0.2, 0) is 4.79 Å². The van der Waals surface area contributed by atoms with Gasteiger partial charge in [-0.2, -0.15) is 11.8 Å². The SMILES string of the molecule is CSCCC(=O)Nc1ccc(C(=O)O)cc1Br. The van der Waals surface area contributed by atoms with Crippen molar-refractivity contribution in [2.24, 2.45) is 0 Å². The highest BCUT2D eigenvalue weighted by molar-refractivity contribution is 9.10. The van der Waals surface area contributed by atoms with E-state index in [-0.39, 0.29) is 11.5 Å². The van der Waals surface area contributed by atoms with Gasteiger partial charge in [0.25, 0.3) is 0 Å². The van der Waals surface area contributed by atoms with E-state index in [4.69, 9.17) is 5.11 Å². The summed E-state index contributed by atoms with van der Waals surface area (Å²) in [6.45, 7) is 0. The Morgan fingerprint density at radius 2 is 2.18 bits per heavy atom. The van der Waals surface area contributed by atoms with Crippen molar-refractivity contribution >= 4 is 45.3 Å². The van der Waals surface area contributed by atoms with Gasteiger partial charge in [-0.1, -0.05) is 0 Å². The second kappa shape index (κ2) is 6.66. The number of nitrogens with one attached hydrogen (secondary N) is 1. The number of amides is 1. The average molecular weight is 318 g/mol. The van der Waals surface area contributed by atoms with Crippen LogP contribution in [0.2, 0.25) is 0 Å². The molecule has 1 aromatic rings. The Kier molecular flexibility index (Phi) is 5.50. The highest BCUT2D eigenvalue weighted by Gasteiger charge is 2.08. The molecule has 1 aromatic carbocycles. The zero-order chi connectivity index (χ0) is 12.8. The Bertz CT molecular complexity index is 437. The van der Waals surface area contributed by atoms with Gasteiger partial charge >= 0.3 is 5.97 Å². The third-order valence-electron chi connectivity index (χ3n) is 2.02. The zero-order valence-corrected chi connectivity index (χ0v) is 11.6. The molecule has 0 saturated carbocycles. The fraction of sp³-hybridized carbons (Fsp3) is 0.273. The van der Waals surface area contributed by atoms with E-state index < -0.39 is 5.97 Å². The molecule has 0 aliphatic rings. The third kappa shape index (κ3) is 4.40. The number of rotatable bonds is 5. The number of aromatic carboxylic acids is 1. The zero-order valence-electron chi connectivity index (χ0n) is 9.20. The Labute approximate surface area is 112 Å². The predicted octanol–water partition coefficient (Wildman–Crippen LogP) is 2.84. The predicted molar refractivity (Wildman–Crippen MR) is 72.7 cm³/mol. The number of hydrogen-bond acceptors (Lipinski definition) is 3. The van der Waals surface area contributed by atoms with Crippen LogP contribution in [-0.4, -0.2) is 29.0 Å². The van der Waals surface area contributed by atoms with Gasteiger partial charge in [-0.3, -0.25) is 4.79 Å². The lowest BCUT2D eigenvalue weighted by Crippen LogP contribution is -2.12. The molecule has 17 heavy (non-hydrogen) atoms. The molecule has 0 atom stereocenters. The Hall–Kier alpha value is -1.01. The highest BCUT2D eigenvalue weighted by Crippen LogP contribution is 2.23. The minimum Gasteiger partial charge on any atom is -0.478 e. The fourth-order valence-electron chi connectivity index (χ4n) is 1.16. The van der Waals surface area contributed by atoms with Crippen LogP contribution in [0.3, 0.4) is 0 Å². The highest BCUT2D eigenvalue weighted by atomic mass is 79.9. The molecule has 0 radical (unpaired) electrons. The van der Waals surface area contributed by atoms with Crippen molar-refractivity contribution in [3.63, 3.8) is 0 Å². The van der Waals surface area contributed by atoms with Crippen LogP contribution >= 0.6 is 27.7 Å². The number of thioether (sulfide) groups is 1. The molecule has 0 fully saturated rings. The van der Waals surface area contributed by atoms with Crippen LogP contribution in [0.15, 0.2) is 22.7 Å². The number of carbonyl (C=O) groups excluding carboxylic acids is 1. The number of halogens is 1. The number of carboxylic acid groups (broad SMARTS) is 1. The number of carbonyl (C=O) groups is 2. The molecule has 1 rings (SSSR count). The first-order valence-corrected chi connectivity index (χ1v) is 7.05. The summed E-state index contributed by atoms with van der Waals surface area (Å²) in [6, 6.07) is 4.49. The van der Waals surface area contributed by atoms with E-state index in [2.05, 4.69) is 21.2 Å². The van der Waals surface area contributed by atoms with Crippen LogP contribution in [0.4, 0.5) is 5.69 Å². The van der Waals surface area contributed by atoms with Crippen molar-refractivity contribution in [3.8, 4) is 0 Å². The number of anilines is 1. The Morgan fingerprint density at radius 3 is 2.71 bits per heavy atom. The number of benzene rings is 1. The molecule has 0 saturated heterocycles. The summed E-state index contributed by atoms with van der Waals surface area (Å²) in [5.41, 5.74) is 0.764. The fourth-order valence-corrected chi connectivity index (χ4v) is 2.02. The first-order valence-electron chi connectivity index (χ1n) is 4.86. The first-order chi connectivity index (χ1) is 8.04. The lowest BCUT2D eigenvalue weighted by atomic mass is 10.2. The van der Waals surface area contributed by atoms with Crippen molar-refractivity contribution in [1.29, 1.82) is 0 Å². The minimum absolute atomic E-state index is 0.0804. The average Bonchev–Trinajstić information content (AvgIpc) is 2.28. The van der Waals surface area contributed by atoms with Gasteiger partial charge in [-0.05, 0) is 40.4 Å². The molecule has 6 heteroatoms. The van der Waals surface area contributed by atoms with Crippen LogP contribution in [0.1, 0.15) is 16.8 Å². The van der Waals surface area contributed by atoms with Crippen LogP contribution in [0.5, 0.6) is 0 Å². The normalized spacial score (nSPS) is 10.0. The minimum atomic E-state index is -0.994. The van der Waals surface area contributed by atoms with Gasteiger partial charge < -0.3 is 10.4 Å². The van der Waals surface area contributed by atoms with Crippen LogP contribution in [0, 0.1) is 0 Å². The Balaban J connectivity index is 2.72. The summed E-state index contributed by atoms with van der Waals surface area (Å²) in [6.07, 6.45) is 2.37. The molecule has 0 heterocycles. The van der Waals surface area contributed by atoms with E-state index in [1.807, 2.05) is 6.26 Å². The van der Waals surface area contributed by atoms with Gasteiger partial charge in [0.05, 0.1) is 11.3 Å². The number of hydrogen-bond donors (Lipinski definition) is 2.